The van der Waals surface area contributed by atoms with E-state index in [1.807, 2.05) is 19.9 Å². The molecule has 2 fully saturated rings. The quantitative estimate of drug-likeness (QED) is 0.863. The van der Waals surface area contributed by atoms with Crippen LogP contribution in [0.25, 0.3) is 0 Å². The molecule has 0 bridgehead atoms. The monoisotopic (exact) mass is 329 g/mol. The third-order valence-electron chi connectivity index (χ3n) is 5.50. The number of hydrogen-bond acceptors (Lipinski definition) is 4. The molecular formula is C19H24FN3O. The molecule has 2 aromatic rings. The van der Waals surface area contributed by atoms with Gasteiger partial charge in [-0.1, -0.05) is 17.3 Å². The second kappa shape index (κ2) is 6.30. The average Bonchev–Trinajstić information content (AvgIpc) is 3.16. The number of aromatic nitrogens is 1. The predicted octanol–water partition coefficient (Wildman–Crippen LogP) is 2.99. The number of likely N-dealkylation sites (tertiary alicyclic amines) is 2. The van der Waals surface area contributed by atoms with Crippen LogP contribution >= 0.6 is 0 Å². The van der Waals surface area contributed by atoms with Crippen molar-refractivity contribution in [1.29, 1.82) is 0 Å². The fourth-order valence-corrected chi connectivity index (χ4v) is 4.29. The summed E-state index contributed by atoms with van der Waals surface area (Å²) in [5, 5.41) is 4.06. The standard InChI is InChI=1S/C19H24FN3O/c1-13-19(14(2)24-21-13)12-23-10-16-8-22(9-17(16)11-23)7-15-4-3-5-18(20)6-15/h3-6,16-17H,7-12H2,1-2H3/t16-,17+. The summed E-state index contributed by atoms with van der Waals surface area (Å²) in [5.41, 5.74) is 3.33. The van der Waals surface area contributed by atoms with Gasteiger partial charge in [0.25, 0.3) is 0 Å². The van der Waals surface area contributed by atoms with Gasteiger partial charge in [-0.3, -0.25) is 9.80 Å². The van der Waals surface area contributed by atoms with Crippen LogP contribution < -0.4 is 0 Å². The summed E-state index contributed by atoms with van der Waals surface area (Å²) in [5.74, 6) is 2.24. The Morgan fingerprint density at radius 1 is 1.08 bits per heavy atom. The van der Waals surface area contributed by atoms with Crippen LogP contribution in [0.2, 0.25) is 0 Å². The molecule has 0 spiro atoms. The van der Waals surface area contributed by atoms with E-state index in [-0.39, 0.29) is 5.82 Å². The Bertz CT molecular complexity index is 696. The minimum absolute atomic E-state index is 0.141. The Hall–Kier alpha value is -1.72. The van der Waals surface area contributed by atoms with Gasteiger partial charge in [0, 0.05) is 44.8 Å². The highest BCUT2D eigenvalue weighted by Crippen LogP contribution is 2.33. The van der Waals surface area contributed by atoms with Crippen LogP contribution in [0.5, 0.6) is 0 Å². The van der Waals surface area contributed by atoms with E-state index in [0.29, 0.717) is 0 Å². The molecule has 0 N–H and O–H groups in total. The lowest BCUT2D eigenvalue weighted by Crippen LogP contribution is -2.28. The van der Waals surface area contributed by atoms with Crippen LogP contribution in [0.15, 0.2) is 28.8 Å². The minimum Gasteiger partial charge on any atom is -0.361 e. The van der Waals surface area contributed by atoms with Crippen molar-refractivity contribution in [3.8, 4) is 0 Å². The van der Waals surface area contributed by atoms with Crippen molar-refractivity contribution in [2.45, 2.75) is 26.9 Å². The molecule has 2 saturated heterocycles. The van der Waals surface area contributed by atoms with Crippen LogP contribution in [-0.4, -0.2) is 41.1 Å². The highest BCUT2D eigenvalue weighted by atomic mass is 19.1. The van der Waals surface area contributed by atoms with Crippen LogP contribution in [-0.2, 0) is 13.1 Å². The Kier molecular flexibility index (Phi) is 4.14. The Labute approximate surface area is 142 Å². The van der Waals surface area contributed by atoms with E-state index in [1.165, 1.54) is 11.6 Å². The first kappa shape index (κ1) is 15.8. The maximum atomic E-state index is 13.3. The summed E-state index contributed by atoms with van der Waals surface area (Å²) < 4.78 is 18.6. The van der Waals surface area contributed by atoms with Gasteiger partial charge in [-0.05, 0) is 43.4 Å². The van der Waals surface area contributed by atoms with E-state index in [2.05, 4.69) is 15.0 Å². The van der Waals surface area contributed by atoms with Gasteiger partial charge in [0.2, 0.25) is 0 Å². The lowest BCUT2D eigenvalue weighted by atomic mass is 10.0. The summed E-state index contributed by atoms with van der Waals surface area (Å²) in [7, 11) is 0. The van der Waals surface area contributed by atoms with Crippen molar-refractivity contribution in [2.75, 3.05) is 26.2 Å². The summed E-state index contributed by atoms with van der Waals surface area (Å²) in [6, 6.07) is 6.97. The van der Waals surface area contributed by atoms with Gasteiger partial charge in [-0.25, -0.2) is 4.39 Å². The third-order valence-corrected chi connectivity index (χ3v) is 5.50. The largest absolute Gasteiger partial charge is 0.361 e. The van der Waals surface area contributed by atoms with E-state index >= 15 is 0 Å². The molecule has 0 unspecified atom stereocenters. The highest BCUT2D eigenvalue weighted by Gasteiger charge is 2.40. The second-order valence-electron chi connectivity index (χ2n) is 7.34. The molecule has 2 aliphatic heterocycles. The normalized spacial score (nSPS) is 24.6. The van der Waals surface area contributed by atoms with E-state index in [9.17, 15) is 4.39 Å². The molecule has 0 saturated carbocycles. The van der Waals surface area contributed by atoms with Crippen LogP contribution in [0.4, 0.5) is 4.39 Å². The SMILES string of the molecule is Cc1noc(C)c1CN1C[C@H]2CN(Cc3cccc(F)c3)C[C@H]2C1. The van der Waals surface area contributed by atoms with Gasteiger partial charge in [-0.2, -0.15) is 0 Å². The molecule has 1 aromatic heterocycles. The average molecular weight is 329 g/mol. The first-order valence-electron chi connectivity index (χ1n) is 8.69. The van der Waals surface area contributed by atoms with Crippen LogP contribution in [0, 0.1) is 31.5 Å². The van der Waals surface area contributed by atoms with Crippen molar-refractivity contribution in [1.82, 2.24) is 15.0 Å². The van der Waals surface area contributed by atoms with Gasteiger partial charge in [-0.15, -0.1) is 0 Å². The highest BCUT2D eigenvalue weighted by molar-refractivity contribution is 5.21. The summed E-state index contributed by atoms with van der Waals surface area (Å²) in [6.45, 7) is 10.3. The number of rotatable bonds is 4. The molecule has 1 aromatic carbocycles. The molecule has 4 rings (SSSR count). The molecule has 0 radical (unpaired) electrons. The molecule has 0 aliphatic carbocycles. The summed E-state index contributed by atoms with van der Waals surface area (Å²) in [6.07, 6.45) is 0. The number of benzene rings is 1. The van der Waals surface area contributed by atoms with Crippen molar-refractivity contribution in [3.05, 3.63) is 52.7 Å². The molecule has 2 atom stereocenters. The van der Waals surface area contributed by atoms with Crippen molar-refractivity contribution >= 4 is 0 Å². The fourth-order valence-electron chi connectivity index (χ4n) is 4.29. The Morgan fingerprint density at radius 2 is 1.75 bits per heavy atom. The molecular weight excluding hydrogens is 305 g/mol. The Morgan fingerprint density at radius 3 is 2.33 bits per heavy atom. The molecule has 4 nitrogen and oxygen atoms in total. The first-order chi connectivity index (χ1) is 11.6. The van der Waals surface area contributed by atoms with Crippen molar-refractivity contribution in [3.63, 3.8) is 0 Å². The maximum Gasteiger partial charge on any atom is 0.138 e. The van der Waals surface area contributed by atoms with Gasteiger partial charge in [0.05, 0.1) is 5.69 Å². The zero-order chi connectivity index (χ0) is 16.7. The molecule has 24 heavy (non-hydrogen) atoms. The predicted molar refractivity (Wildman–Crippen MR) is 89.9 cm³/mol. The van der Waals surface area contributed by atoms with E-state index in [4.69, 9.17) is 4.52 Å². The first-order valence-corrected chi connectivity index (χ1v) is 8.69. The van der Waals surface area contributed by atoms with Gasteiger partial charge < -0.3 is 4.52 Å². The second-order valence-corrected chi connectivity index (χ2v) is 7.34. The van der Waals surface area contributed by atoms with Gasteiger partial charge >= 0.3 is 0 Å². The minimum atomic E-state index is -0.141. The number of nitrogens with zero attached hydrogens (tertiary/aromatic N) is 3. The molecule has 5 heteroatoms. The third kappa shape index (κ3) is 3.10. The lowest BCUT2D eigenvalue weighted by Gasteiger charge is -2.21. The zero-order valence-corrected chi connectivity index (χ0v) is 14.3. The number of fused-ring (bicyclic) bond motifs is 1. The molecule has 2 aliphatic rings. The number of halogens is 1. The van der Waals surface area contributed by atoms with Crippen LogP contribution in [0.3, 0.4) is 0 Å². The summed E-state index contributed by atoms with van der Waals surface area (Å²) >= 11 is 0. The molecule has 0 amide bonds. The lowest BCUT2D eigenvalue weighted by molar-refractivity contribution is 0.245. The maximum absolute atomic E-state index is 13.3. The van der Waals surface area contributed by atoms with Crippen LogP contribution in [0.1, 0.15) is 22.6 Å². The smallest absolute Gasteiger partial charge is 0.138 e. The molecule has 3 heterocycles. The van der Waals surface area contributed by atoms with E-state index in [1.54, 1.807) is 12.1 Å². The van der Waals surface area contributed by atoms with E-state index in [0.717, 1.165) is 68.1 Å². The van der Waals surface area contributed by atoms with Crippen molar-refractivity contribution in [2.24, 2.45) is 11.8 Å². The topological polar surface area (TPSA) is 32.5 Å². The van der Waals surface area contributed by atoms with Gasteiger partial charge in [0.1, 0.15) is 11.6 Å². The van der Waals surface area contributed by atoms with E-state index < -0.39 is 0 Å². The number of hydrogen-bond donors (Lipinski definition) is 0. The Balaban J connectivity index is 1.33. The fraction of sp³-hybridized carbons (Fsp3) is 0.526. The number of aryl methyl sites for hydroxylation is 2. The molecule has 128 valence electrons. The van der Waals surface area contributed by atoms with Gasteiger partial charge in [0.15, 0.2) is 0 Å². The zero-order valence-electron chi connectivity index (χ0n) is 14.3. The summed E-state index contributed by atoms with van der Waals surface area (Å²) in [4.78, 5) is 5.00. The van der Waals surface area contributed by atoms with Crippen molar-refractivity contribution < 1.29 is 8.91 Å².